The summed E-state index contributed by atoms with van der Waals surface area (Å²) in [5.41, 5.74) is 0.780. The minimum Gasteiger partial charge on any atom is -0.240 e. The van der Waals surface area contributed by atoms with E-state index in [1.807, 2.05) is 22.6 Å². The van der Waals surface area contributed by atoms with E-state index >= 15 is 0 Å². The summed E-state index contributed by atoms with van der Waals surface area (Å²) in [6.45, 7) is 10.9. The first-order valence-corrected chi connectivity index (χ1v) is 3.94. The standard InChI is InChI=1S/C7H3ClIN/c1-4-5(2)10-7(8)3-6(4)9/h1-3H. The molecule has 4 radical (unpaired) electrons. The van der Waals surface area contributed by atoms with Gasteiger partial charge in [-0.25, -0.2) is 4.98 Å². The van der Waals surface area contributed by atoms with Gasteiger partial charge in [0.1, 0.15) is 5.15 Å². The molecule has 1 rings (SSSR count). The van der Waals surface area contributed by atoms with Gasteiger partial charge in [-0.1, -0.05) is 11.6 Å². The van der Waals surface area contributed by atoms with Crippen LogP contribution in [0, 0.1) is 17.4 Å². The second-order valence-corrected chi connectivity index (χ2v) is 3.28. The molecule has 0 aliphatic heterocycles. The average molecular weight is 263 g/mol. The van der Waals surface area contributed by atoms with E-state index in [0.29, 0.717) is 10.7 Å². The predicted molar refractivity (Wildman–Crippen MR) is 48.8 cm³/mol. The van der Waals surface area contributed by atoms with E-state index in [9.17, 15) is 0 Å². The molecule has 0 fully saturated rings. The van der Waals surface area contributed by atoms with Gasteiger partial charge in [-0.15, -0.1) is 0 Å². The Morgan fingerprint density at radius 3 is 2.60 bits per heavy atom. The molecule has 0 aliphatic carbocycles. The molecule has 0 aliphatic rings. The van der Waals surface area contributed by atoms with Crippen molar-refractivity contribution in [1.29, 1.82) is 0 Å². The topological polar surface area (TPSA) is 12.9 Å². The third-order valence-corrected chi connectivity index (χ3v) is 2.09. The van der Waals surface area contributed by atoms with Crippen LogP contribution >= 0.6 is 34.2 Å². The third-order valence-electron chi connectivity index (χ3n) is 1.01. The summed E-state index contributed by atoms with van der Waals surface area (Å²) in [6.07, 6.45) is 0. The fourth-order valence-electron chi connectivity index (χ4n) is 0.512. The van der Waals surface area contributed by atoms with Crippen LogP contribution in [0.25, 0.3) is 0 Å². The molecule has 0 unspecified atom stereocenters. The fraction of sp³-hybridized carbons (Fsp3) is 0. The highest BCUT2D eigenvalue weighted by Gasteiger charge is 2.00. The van der Waals surface area contributed by atoms with Crippen LogP contribution in [0.15, 0.2) is 6.07 Å². The Bertz CT molecular complexity index is 237. The summed E-state index contributed by atoms with van der Waals surface area (Å²) in [5.74, 6) is 0. The van der Waals surface area contributed by atoms with E-state index in [2.05, 4.69) is 4.98 Å². The largest absolute Gasteiger partial charge is 0.240 e. The van der Waals surface area contributed by atoms with Gasteiger partial charge in [-0.2, -0.15) is 0 Å². The summed E-state index contributed by atoms with van der Waals surface area (Å²) in [4.78, 5) is 3.75. The van der Waals surface area contributed by atoms with Crippen molar-refractivity contribution in [2.24, 2.45) is 0 Å². The highest BCUT2D eigenvalue weighted by Crippen LogP contribution is 2.17. The van der Waals surface area contributed by atoms with Crippen LogP contribution in [-0.2, 0) is 0 Å². The van der Waals surface area contributed by atoms with E-state index in [1.54, 1.807) is 6.07 Å². The van der Waals surface area contributed by atoms with Crippen LogP contribution in [-0.4, -0.2) is 4.98 Å². The van der Waals surface area contributed by atoms with Crippen molar-refractivity contribution in [2.45, 2.75) is 0 Å². The van der Waals surface area contributed by atoms with Crippen LogP contribution in [0.4, 0.5) is 0 Å². The van der Waals surface area contributed by atoms with Crippen molar-refractivity contribution in [3.63, 3.8) is 0 Å². The molecule has 10 heavy (non-hydrogen) atoms. The van der Waals surface area contributed by atoms with E-state index in [0.717, 1.165) is 3.57 Å². The molecule has 1 aromatic rings. The lowest BCUT2D eigenvalue weighted by molar-refractivity contribution is 1.23. The summed E-state index contributed by atoms with van der Waals surface area (Å²) in [5, 5.41) is 0.371. The van der Waals surface area contributed by atoms with Crippen molar-refractivity contribution >= 4 is 34.2 Å². The van der Waals surface area contributed by atoms with Crippen molar-refractivity contribution < 1.29 is 0 Å². The van der Waals surface area contributed by atoms with Crippen LogP contribution in [0.1, 0.15) is 11.3 Å². The number of rotatable bonds is 0. The Hall–Kier alpha value is 0.170. The smallest absolute Gasteiger partial charge is 0.130 e. The number of halogens is 2. The van der Waals surface area contributed by atoms with Gasteiger partial charge in [0, 0.05) is 17.4 Å². The van der Waals surface area contributed by atoms with Crippen LogP contribution < -0.4 is 0 Å². The molecule has 0 aromatic carbocycles. The monoisotopic (exact) mass is 263 g/mol. The normalized spacial score (nSPS) is 10.0. The van der Waals surface area contributed by atoms with Crippen molar-refractivity contribution in [3.05, 3.63) is 39.9 Å². The van der Waals surface area contributed by atoms with Gasteiger partial charge in [0.15, 0.2) is 0 Å². The van der Waals surface area contributed by atoms with Gasteiger partial charge in [-0.05, 0) is 34.2 Å². The molecule has 0 bridgehead atoms. The second-order valence-electron chi connectivity index (χ2n) is 1.73. The summed E-state index contributed by atoms with van der Waals surface area (Å²) in [6, 6.07) is 1.66. The van der Waals surface area contributed by atoms with Gasteiger partial charge in [0.25, 0.3) is 0 Å². The van der Waals surface area contributed by atoms with E-state index < -0.39 is 0 Å². The van der Waals surface area contributed by atoms with Crippen LogP contribution in [0.2, 0.25) is 5.15 Å². The zero-order chi connectivity index (χ0) is 7.72. The van der Waals surface area contributed by atoms with E-state index in [1.165, 1.54) is 0 Å². The summed E-state index contributed by atoms with van der Waals surface area (Å²) < 4.78 is 0.829. The van der Waals surface area contributed by atoms with Crippen molar-refractivity contribution in [2.75, 3.05) is 0 Å². The number of pyridine rings is 1. The predicted octanol–water partition coefficient (Wildman–Crippen LogP) is 2.46. The maximum absolute atomic E-state index is 5.57. The molecular weight excluding hydrogens is 260 g/mol. The molecule has 3 heteroatoms. The lowest BCUT2D eigenvalue weighted by atomic mass is 10.2. The highest BCUT2D eigenvalue weighted by atomic mass is 127. The lowest BCUT2D eigenvalue weighted by Crippen LogP contribution is -1.90. The van der Waals surface area contributed by atoms with Gasteiger partial charge in [0.2, 0.25) is 0 Å². The van der Waals surface area contributed by atoms with Crippen molar-refractivity contribution in [3.8, 4) is 0 Å². The molecule has 0 spiro atoms. The number of hydrogen-bond donors (Lipinski definition) is 0. The molecule has 1 aromatic heterocycles. The molecule has 0 atom stereocenters. The summed E-state index contributed by atoms with van der Waals surface area (Å²) >= 11 is 7.62. The van der Waals surface area contributed by atoms with Crippen LogP contribution in [0.5, 0.6) is 0 Å². The highest BCUT2D eigenvalue weighted by molar-refractivity contribution is 14.1. The number of aromatic nitrogens is 1. The van der Waals surface area contributed by atoms with E-state index in [4.69, 9.17) is 25.4 Å². The lowest BCUT2D eigenvalue weighted by Gasteiger charge is -2.00. The van der Waals surface area contributed by atoms with Gasteiger partial charge < -0.3 is 0 Å². The van der Waals surface area contributed by atoms with Gasteiger partial charge in [0.05, 0.1) is 5.69 Å². The SMILES string of the molecule is [CH]c1nc(Cl)cc(I)c1[CH]. The Morgan fingerprint density at radius 1 is 1.50 bits per heavy atom. The molecule has 0 saturated carbocycles. The Kier molecular flexibility index (Phi) is 2.52. The Morgan fingerprint density at radius 2 is 2.10 bits per heavy atom. The maximum atomic E-state index is 5.57. The maximum Gasteiger partial charge on any atom is 0.130 e. The van der Waals surface area contributed by atoms with E-state index in [-0.39, 0.29) is 5.69 Å². The average Bonchev–Trinajstić information content (AvgIpc) is 1.82. The molecule has 0 N–H and O–H groups in total. The zero-order valence-electron chi connectivity index (χ0n) is 4.94. The van der Waals surface area contributed by atoms with Gasteiger partial charge in [-0.3, -0.25) is 0 Å². The molecule has 0 saturated heterocycles. The minimum atomic E-state index is 0.289. The molecule has 1 heterocycles. The second kappa shape index (κ2) is 3.05. The Balaban J connectivity index is 3.31. The molecular formula is C7H3ClIN. The third kappa shape index (κ3) is 1.61. The van der Waals surface area contributed by atoms with Gasteiger partial charge >= 0.3 is 0 Å². The minimum absolute atomic E-state index is 0.289. The Labute approximate surface area is 78.9 Å². The van der Waals surface area contributed by atoms with Crippen LogP contribution in [0.3, 0.4) is 0 Å². The van der Waals surface area contributed by atoms with Crippen molar-refractivity contribution in [1.82, 2.24) is 4.98 Å². The first-order chi connectivity index (χ1) is 4.61. The summed E-state index contributed by atoms with van der Waals surface area (Å²) in [7, 11) is 0. The molecule has 1 nitrogen and oxygen atoms in total. The first kappa shape index (κ1) is 8.27. The number of hydrogen-bond acceptors (Lipinski definition) is 1. The quantitative estimate of drug-likeness (QED) is 0.517. The first-order valence-electron chi connectivity index (χ1n) is 2.48. The molecule has 0 amide bonds. The molecule has 50 valence electrons. The number of nitrogens with zero attached hydrogens (tertiary/aromatic N) is 1. The zero-order valence-corrected chi connectivity index (χ0v) is 7.85. The fourth-order valence-corrected chi connectivity index (χ4v) is 1.47.